The minimum Gasteiger partial charge on any atom is -0.375 e. The number of piperidine rings is 1. The molecular weight excluding hydrogens is 274 g/mol. The smallest absolute Gasteiger partial charge is 0.180 e. The molecular formula is C14H19N3S2. The summed E-state index contributed by atoms with van der Waals surface area (Å²) in [5, 5.41) is 2.78. The zero-order valence-corrected chi connectivity index (χ0v) is 12.8. The number of thiazole rings is 1. The summed E-state index contributed by atoms with van der Waals surface area (Å²) in [6.45, 7) is 5.74. The van der Waals surface area contributed by atoms with Gasteiger partial charge in [0.2, 0.25) is 0 Å². The van der Waals surface area contributed by atoms with Gasteiger partial charge in [0.15, 0.2) is 5.13 Å². The highest BCUT2D eigenvalue weighted by Gasteiger charge is 2.19. The van der Waals surface area contributed by atoms with E-state index in [2.05, 4.69) is 34.3 Å². The summed E-state index contributed by atoms with van der Waals surface area (Å²) in [4.78, 5) is 9.59. The molecule has 0 radical (unpaired) electrons. The lowest BCUT2D eigenvalue weighted by Crippen LogP contribution is -2.32. The molecule has 0 unspecified atom stereocenters. The Labute approximate surface area is 122 Å². The maximum atomic E-state index is 5.91. The number of nitrogens with zero attached hydrogens (tertiary/aromatic N) is 2. The first-order chi connectivity index (χ1) is 9.22. The van der Waals surface area contributed by atoms with Crippen LogP contribution in [0.15, 0.2) is 17.5 Å². The average molecular weight is 293 g/mol. The molecule has 0 amide bonds. The summed E-state index contributed by atoms with van der Waals surface area (Å²) in [7, 11) is 0. The molecule has 102 valence electrons. The summed E-state index contributed by atoms with van der Waals surface area (Å²) in [6, 6.07) is 4.20. The van der Waals surface area contributed by atoms with E-state index in [-0.39, 0.29) is 0 Å². The van der Waals surface area contributed by atoms with E-state index >= 15 is 0 Å². The van der Waals surface area contributed by atoms with Gasteiger partial charge in [-0.25, -0.2) is 4.98 Å². The second kappa shape index (κ2) is 5.61. The molecule has 0 aromatic carbocycles. The van der Waals surface area contributed by atoms with Crippen LogP contribution in [0.25, 0.3) is 10.6 Å². The summed E-state index contributed by atoms with van der Waals surface area (Å²) in [5.41, 5.74) is 7.00. The first-order valence-electron chi connectivity index (χ1n) is 6.74. The fourth-order valence-corrected chi connectivity index (χ4v) is 4.20. The van der Waals surface area contributed by atoms with Crippen LogP contribution >= 0.6 is 22.7 Å². The van der Waals surface area contributed by atoms with Gasteiger partial charge in [0.05, 0.1) is 10.6 Å². The molecule has 1 saturated heterocycles. The Morgan fingerprint density at radius 1 is 1.42 bits per heavy atom. The summed E-state index contributed by atoms with van der Waals surface area (Å²) >= 11 is 3.37. The number of nitrogen functional groups attached to an aromatic ring is 1. The fraction of sp³-hybridized carbons (Fsp3) is 0.500. The molecule has 2 aromatic rings. The van der Waals surface area contributed by atoms with Gasteiger partial charge in [-0.05, 0) is 43.3 Å². The number of anilines is 1. The van der Waals surface area contributed by atoms with Crippen molar-refractivity contribution in [1.82, 2.24) is 9.88 Å². The molecule has 2 aromatic heterocycles. The Morgan fingerprint density at radius 3 is 2.89 bits per heavy atom. The first kappa shape index (κ1) is 13.1. The van der Waals surface area contributed by atoms with E-state index in [9.17, 15) is 0 Å². The predicted octanol–water partition coefficient (Wildman–Crippen LogP) is 3.69. The standard InChI is InChI=1S/C14H19N3S2/c1-10-4-6-17(7-5-10)9-12-13(16-14(15)19-12)11-3-2-8-18-11/h2-3,8,10H,4-7,9H2,1H3,(H2,15,16). The number of hydrogen-bond acceptors (Lipinski definition) is 5. The maximum absolute atomic E-state index is 5.91. The third-order valence-electron chi connectivity index (χ3n) is 3.71. The lowest BCUT2D eigenvalue weighted by molar-refractivity contribution is 0.187. The van der Waals surface area contributed by atoms with Crippen LogP contribution in [-0.2, 0) is 6.54 Å². The molecule has 1 aliphatic heterocycles. The quantitative estimate of drug-likeness (QED) is 0.938. The minimum absolute atomic E-state index is 0.684. The van der Waals surface area contributed by atoms with Crippen LogP contribution in [0, 0.1) is 5.92 Å². The van der Waals surface area contributed by atoms with Gasteiger partial charge in [-0.1, -0.05) is 13.0 Å². The molecule has 0 bridgehead atoms. The first-order valence-corrected chi connectivity index (χ1v) is 8.43. The van der Waals surface area contributed by atoms with E-state index in [1.165, 1.54) is 35.7 Å². The molecule has 5 heteroatoms. The van der Waals surface area contributed by atoms with Crippen LogP contribution in [0.2, 0.25) is 0 Å². The highest BCUT2D eigenvalue weighted by Crippen LogP contribution is 2.34. The number of likely N-dealkylation sites (tertiary alicyclic amines) is 1. The number of aromatic nitrogens is 1. The second-order valence-corrected chi connectivity index (χ2v) is 7.32. The molecule has 3 nitrogen and oxygen atoms in total. The van der Waals surface area contributed by atoms with Gasteiger partial charge in [0.1, 0.15) is 0 Å². The van der Waals surface area contributed by atoms with Crippen molar-refractivity contribution < 1.29 is 0 Å². The highest BCUT2D eigenvalue weighted by molar-refractivity contribution is 7.17. The maximum Gasteiger partial charge on any atom is 0.180 e. The normalized spacial score (nSPS) is 17.9. The van der Waals surface area contributed by atoms with Gasteiger partial charge < -0.3 is 5.73 Å². The fourth-order valence-electron chi connectivity index (χ4n) is 2.51. The van der Waals surface area contributed by atoms with Crippen LogP contribution in [0.3, 0.4) is 0 Å². The Morgan fingerprint density at radius 2 is 2.21 bits per heavy atom. The van der Waals surface area contributed by atoms with E-state index in [0.29, 0.717) is 5.13 Å². The van der Waals surface area contributed by atoms with Crippen LogP contribution in [0.4, 0.5) is 5.13 Å². The molecule has 1 aliphatic rings. The molecule has 0 aliphatic carbocycles. The van der Waals surface area contributed by atoms with Crippen molar-refractivity contribution in [3.05, 3.63) is 22.4 Å². The average Bonchev–Trinajstić information content (AvgIpc) is 3.01. The Kier molecular flexibility index (Phi) is 3.86. The van der Waals surface area contributed by atoms with Crippen molar-refractivity contribution in [3.63, 3.8) is 0 Å². The topological polar surface area (TPSA) is 42.1 Å². The van der Waals surface area contributed by atoms with E-state index in [0.717, 1.165) is 18.2 Å². The lowest BCUT2D eigenvalue weighted by atomic mass is 9.99. The molecule has 2 N–H and O–H groups in total. The molecule has 0 atom stereocenters. The second-order valence-electron chi connectivity index (χ2n) is 5.26. The van der Waals surface area contributed by atoms with E-state index in [1.54, 1.807) is 22.7 Å². The van der Waals surface area contributed by atoms with Crippen LogP contribution in [0.1, 0.15) is 24.6 Å². The zero-order valence-electron chi connectivity index (χ0n) is 11.1. The van der Waals surface area contributed by atoms with E-state index < -0.39 is 0 Å². The Balaban J connectivity index is 1.77. The molecule has 0 spiro atoms. The largest absolute Gasteiger partial charge is 0.375 e. The zero-order chi connectivity index (χ0) is 13.2. The van der Waals surface area contributed by atoms with Crippen molar-refractivity contribution in [2.75, 3.05) is 18.8 Å². The van der Waals surface area contributed by atoms with Gasteiger partial charge >= 0.3 is 0 Å². The Bertz CT molecular complexity index is 525. The molecule has 19 heavy (non-hydrogen) atoms. The lowest BCUT2D eigenvalue weighted by Gasteiger charge is -2.29. The van der Waals surface area contributed by atoms with Gasteiger partial charge in [0.25, 0.3) is 0 Å². The van der Waals surface area contributed by atoms with E-state index in [4.69, 9.17) is 5.73 Å². The molecule has 3 rings (SSSR count). The highest BCUT2D eigenvalue weighted by atomic mass is 32.1. The third-order valence-corrected chi connectivity index (χ3v) is 5.46. The number of thiophene rings is 1. The molecule has 0 saturated carbocycles. The summed E-state index contributed by atoms with van der Waals surface area (Å²) in [6.07, 6.45) is 2.62. The van der Waals surface area contributed by atoms with Crippen molar-refractivity contribution in [1.29, 1.82) is 0 Å². The van der Waals surface area contributed by atoms with Crippen molar-refractivity contribution in [2.24, 2.45) is 5.92 Å². The van der Waals surface area contributed by atoms with Crippen molar-refractivity contribution in [3.8, 4) is 10.6 Å². The third kappa shape index (κ3) is 2.99. The summed E-state index contributed by atoms with van der Waals surface area (Å²) in [5.74, 6) is 0.875. The minimum atomic E-state index is 0.684. The SMILES string of the molecule is CC1CCN(Cc2sc(N)nc2-c2cccs2)CC1. The van der Waals surface area contributed by atoms with Crippen molar-refractivity contribution >= 4 is 27.8 Å². The number of nitrogens with two attached hydrogens (primary N) is 1. The number of hydrogen-bond donors (Lipinski definition) is 1. The number of rotatable bonds is 3. The molecule has 3 heterocycles. The summed E-state index contributed by atoms with van der Waals surface area (Å²) < 4.78 is 0. The monoisotopic (exact) mass is 293 g/mol. The van der Waals surface area contributed by atoms with Crippen LogP contribution in [0.5, 0.6) is 0 Å². The molecule has 1 fully saturated rings. The van der Waals surface area contributed by atoms with Crippen LogP contribution in [-0.4, -0.2) is 23.0 Å². The predicted molar refractivity (Wildman–Crippen MR) is 83.5 cm³/mol. The van der Waals surface area contributed by atoms with Gasteiger partial charge in [-0.15, -0.1) is 22.7 Å². The van der Waals surface area contributed by atoms with Gasteiger partial charge in [-0.2, -0.15) is 0 Å². The van der Waals surface area contributed by atoms with Gasteiger partial charge in [-0.3, -0.25) is 4.90 Å². The Hall–Kier alpha value is -0.910. The van der Waals surface area contributed by atoms with Crippen molar-refractivity contribution in [2.45, 2.75) is 26.3 Å². The van der Waals surface area contributed by atoms with E-state index in [1.807, 2.05) is 0 Å². The van der Waals surface area contributed by atoms with Crippen LogP contribution < -0.4 is 5.73 Å². The van der Waals surface area contributed by atoms with Gasteiger partial charge in [0, 0.05) is 11.4 Å².